The lowest BCUT2D eigenvalue weighted by Gasteiger charge is -2.19. The highest BCUT2D eigenvalue weighted by atomic mass is 79.9. The summed E-state index contributed by atoms with van der Waals surface area (Å²) in [6.45, 7) is 3.05. The molecule has 1 atom stereocenters. The molecular weight excluding hydrogens is 256 g/mol. The Labute approximate surface area is 97.0 Å². The highest BCUT2D eigenvalue weighted by molar-refractivity contribution is 9.09. The Balaban J connectivity index is 2.27. The summed E-state index contributed by atoms with van der Waals surface area (Å²) >= 11 is 3.53. The normalized spacial score (nSPS) is 13.0. The van der Waals surface area contributed by atoms with E-state index >= 15 is 0 Å². The molecule has 2 aromatic heterocycles. The maximum Gasteiger partial charge on any atom is 0.157 e. The second kappa shape index (κ2) is 4.18. The van der Waals surface area contributed by atoms with E-state index in [1.165, 1.54) is 0 Å². The summed E-state index contributed by atoms with van der Waals surface area (Å²) in [5.74, 6) is 0.967. The average molecular weight is 269 g/mol. The van der Waals surface area contributed by atoms with Gasteiger partial charge in [0.15, 0.2) is 5.65 Å². The zero-order valence-corrected chi connectivity index (χ0v) is 10.3. The van der Waals surface area contributed by atoms with E-state index in [-0.39, 0.29) is 0 Å². The largest absolute Gasteiger partial charge is 0.358 e. The molecule has 0 saturated carbocycles. The molecule has 0 bridgehead atoms. The van der Waals surface area contributed by atoms with Gasteiger partial charge in [-0.25, -0.2) is 9.50 Å². The number of alkyl halides is 1. The lowest BCUT2D eigenvalue weighted by Crippen LogP contribution is -2.24. The Morgan fingerprint density at radius 3 is 3.07 bits per heavy atom. The number of halogens is 1. The van der Waals surface area contributed by atoms with Crippen LogP contribution in [-0.4, -0.2) is 33.0 Å². The molecule has 15 heavy (non-hydrogen) atoms. The Morgan fingerprint density at radius 1 is 1.53 bits per heavy atom. The van der Waals surface area contributed by atoms with Crippen LogP contribution in [-0.2, 0) is 0 Å². The van der Waals surface area contributed by atoms with Crippen LogP contribution in [0.3, 0.4) is 0 Å². The third-order valence-electron chi connectivity index (χ3n) is 2.16. The standard InChI is InChI=1S/C10H13BrN4/c1-8(11)7-14(2)9-4-6-15-10(13-9)3-5-12-15/h3-6,8H,7H2,1-2H3. The molecule has 2 rings (SSSR count). The summed E-state index contributed by atoms with van der Waals surface area (Å²) in [6, 6.07) is 3.87. The lowest BCUT2D eigenvalue weighted by molar-refractivity contribution is 0.851. The van der Waals surface area contributed by atoms with Crippen molar-refractivity contribution in [2.75, 3.05) is 18.5 Å². The van der Waals surface area contributed by atoms with Crippen LogP contribution in [0.5, 0.6) is 0 Å². The molecule has 2 heterocycles. The van der Waals surface area contributed by atoms with Gasteiger partial charge in [0.25, 0.3) is 0 Å². The van der Waals surface area contributed by atoms with E-state index < -0.39 is 0 Å². The molecule has 0 N–H and O–H groups in total. The molecule has 0 spiro atoms. The van der Waals surface area contributed by atoms with E-state index in [1.807, 2.05) is 25.4 Å². The first-order chi connectivity index (χ1) is 7.16. The first-order valence-electron chi connectivity index (χ1n) is 4.82. The van der Waals surface area contributed by atoms with Gasteiger partial charge in [-0.2, -0.15) is 5.10 Å². The first-order valence-corrected chi connectivity index (χ1v) is 5.74. The van der Waals surface area contributed by atoms with Gasteiger partial charge in [-0.3, -0.25) is 0 Å². The monoisotopic (exact) mass is 268 g/mol. The first kappa shape index (κ1) is 10.4. The molecule has 4 nitrogen and oxygen atoms in total. The van der Waals surface area contributed by atoms with Gasteiger partial charge in [0.1, 0.15) is 5.82 Å². The molecule has 2 aromatic rings. The predicted molar refractivity (Wildman–Crippen MR) is 64.6 cm³/mol. The molecule has 0 saturated heterocycles. The highest BCUT2D eigenvalue weighted by Crippen LogP contribution is 2.12. The summed E-state index contributed by atoms with van der Waals surface area (Å²) in [6.07, 6.45) is 3.67. The number of nitrogens with zero attached hydrogens (tertiary/aromatic N) is 4. The third kappa shape index (κ3) is 2.28. The van der Waals surface area contributed by atoms with E-state index in [1.54, 1.807) is 10.7 Å². The molecule has 1 unspecified atom stereocenters. The zero-order valence-electron chi connectivity index (χ0n) is 8.76. The topological polar surface area (TPSA) is 33.4 Å². The maximum atomic E-state index is 4.49. The van der Waals surface area contributed by atoms with Crippen molar-refractivity contribution >= 4 is 27.4 Å². The maximum absolute atomic E-state index is 4.49. The molecule has 0 aliphatic heterocycles. The van der Waals surface area contributed by atoms with Crippen molar-refractivity contribution in [3.05, 3.63) is 24.5 Å². The van der Waals surface area contributed by atoms with Crippen LogP contribution in [0.15, 0.2) is 24.5 Å². The van der Waals surface area contributed by atoms with Crippen molar-refractivity contribution in [3.8, 4) is 0 Å². The number of rotatable bonds is 3. The van der Waals surface area contributed by atoms with Crippen molar-refractivity contribution < 1.29 is 0 Å². The number of anilines is 1. The van der Waals surface area contributed by atoms with Gasteiger partial charge in [0, 0.05) is 30.7 Å². The summed E-state index contributed by atoms with van der Waals surface area (Å²) in [4.78, 5) is 7.06. The molecule has 5 heteroatoms. The number of aromatic nitrogens is 3. The number of hydrogen-bond donors (Lipinski definition) is 0. The summed E-state index contributed by atoms with van der Waals surface area (Å²) in [5, 5.41) is 4.11. The Morgan fingerprint density at radius 2 is 2.33 bits per heavy atom. The fourth-order valence-electron chi connectivity index (χ4n) is 1.49. The number of fused-ring (bicyclic) bond motifs is 1. The Bertz CT molecular complexity index is 451. The van der Waals surface area contributed by atoms with Gasteiger partial charge < -0.3 is 4.90 Å². The van der Waals surface area contributed by atoms with Crippen LogP contribution < -0.4 is 4.90 Å². The van der Waals surface area contributed by atoms with E-state index in [0.29, 0.717) is 4.83 Å². The van der Waals surface area contributed by atoms with Gasteiger partial charge in [0.2, 0.25) is 0 Å². The molecule has 0 aliphatic rings. The van der Waals surface area contributed by atoms with Gasteiger partial charge in [-0.15, -0.1) is 0 Å². The second-order valence-electron chi connectivity index (χ2n) is 3.58. The highest BCUT2D eigenvalue weighted by Gasteiger charge is 2.06. The van der Waals surface area contributed by atoms with Crippen molar-refractivity contribution in [3.63, 3.8) is 0 Å². The van der Waals surface area contributed by atoms with Crippen LogP contribution in [0.1, 0.15) is 6.92 Å². The summed E-state index contributed by atoms with van der Waals surface area (Å²) in [7, 11) is 2.03. The molecule has 0 aliphatic carbocycles. The van der Waals surface area contributed by atoms with Crippen LogP contribution >= 0.6 is 15.9 Å². The van der Waals surface area contributed by atoms with Crippen molar-refractivity contribution in [1.82, 2.24) is 14.6 Å². The predicted octanol–water partition coefficient (Wildman–Crippen LogP) is 1.95. The molecule has 80 valence electrons. The van der Waals surface area contributed by atoms with Crippen LogP contribution in [0.2, 0.25) is 0 Å². The molecule has 0 radical (unpaired) electrons. The van der Waals surface area contributed by atoms with Crippen molar-refractivity contribution in [2.24, 2.45) is 0 Å². The van der Waals surface area contributed by atoms with Crippen LogP contribution in [0.25, 0.3) is 5.65 Å². The van der Waals surface area contributed by atoms with E-state index in [4.69, 9.17) is 0 Å². The minimum Gasteiger partial charge on any atom is -0.358 e. The average Bonchev–Trinajstić information content (AvgIpc) is 2.62. The minimum absolute atomic E-state index is 0.449. The van der Waals surface area contributed by atoms with Crippen molar-refractivity contribution in [2.45, 2.75) is 11.8 Å². The Kier molecular flexibility index (Phi) is 2.90. The SMILES string of the molecule is CC(Br)CN(C)c1ccn2nccc2n1. The van der Waals surface area contributed by atoms with Crippen LogP contribution in [0, 0.1) is 0 Å². The quantitative estimate of drug-likeness (QED) is 0.798. The van der Waals surface area contributed by atoms with Gasteiger partial charge >= 0.3 is 0 Å². The fourth-order valence-corrected chi connectivity index (χ4v) is 1.92. The molecule has 0 amide bonds. The minimum atomic E-state index is 0.449. The lowest BCUT2D eigenvalue weighted by atomic mass is 10.4. The smallest absolute Gasteiger partial charge is 0.157 e. The molecular formula is C10H13BrN4. The molecule has 0 aromatic carbocycles. The second-order valence-corrected chi connectivity index (χ2v) is 5.14. The fraction of sp³-hybridized carbons (Fsp3) is 0.400. The number of hydrogen-bond acceptors (Lipinski definition) is 3. The van der Waals surface area contributed by atoms with E-state index in [9.17, 15) is 0 Å². The Hall–Kier alpha value is -1.10. The van der Waals surface area contributed by atoms with E-state index in [2.05, 4.69) is 37.8 Å². The third-order valence-corrected chi connectivity index (χ3v) is 2.45. The molecule has 0 fully saturated rings. The summed E-state index contributed by atoms with van der Waals surface area (Å²) in [5.41, 5.74) is 0.876. The van der Waals surface area contributed by atoms with E-state index in [0.717, 1.165) is 18.0 Å². The van der Waals surface area contributed by atoms with Crippen molar-refractivity contribution in [1.29, 1.82) is 0 Å². The van der Waals surface area contributed by atoms with Gasteiger partial charge in [-0.1, -0.05) is 22.9 Å². The van der Waals surface area contributed by atoms with Gasteiger partial charge in [0.05, 0.1) is 6.20 Å². The summed E-state index contributed by atoms with van der Waals surface area (Å²) < 4.78 is 1.76. The van der Waals surface area contributed by atoms with Gasteiger partial charge in [-0.05, 0) is 6.07 Å². The van der Waals surface area contributed by atoms with Crippen LogP contribution in [0.4, 0.5) is 5.82 Å². The zero-order chi connectivity index (χ0) is 10.8.